The van der Waals surface area contributed by atoms with Gasteiger partial charge in [-0.05, 0) is 82.5 Å². The Morgan fingerprint density at radius 2 is 0.881 bits per heavy atom. The predicted molar refractivity (Wildman–Crippen MR) is 160 cm³/mol. The molecule has 2 aliphatic carbocycles. The average Bonchev–Trinajstić information content (AvgIpc) is 3.01. The Bertz CT molecular complexity index is 764. The lowest BCUT2D eigenvalue weighted by Crippen LogP contribution is -2.41. The molecule has 2 amide bonds. The normalized spacial score (nSPS) is 23.0. The molecule has 0 heterocycles. The van der Waals surface area contributed by atoms with Crippen molar-refractivity contribution in [1.82, 2.24) is 14.7 Å². The van der Waals surface area contributed by atoms with Gasteiger partial charge in [-0.3, -0.25) is 9.59 Å². The molecule has 6 N–H and O–H groups in total. The van der Waals surface area contributed by atoms with Crippen LogP contribution < -0.4 is 0 Å². The van der Waals surface area contributed by atoms with Crippen LogP contribution in [0.1, 0.15) is 70.6 Å². The first kappa shape index (κ1) is 36.4. The van der Waals surface area contributed by atoms with Crippen LogP contribution in [0, 0.1) is 23.7 Å². The quantitative estimate of drug-likeness (QED) is 0.117. The first-order valence-electron chi connectivity index (χ1n) is 16.1. The Hall–Kier alpha value is -1.76. The summed E-state index contributed by atoms with van der Waals surface area (Å²) in [6.45, 7) is 1.51. The summed E-state index contributed by atoms with van der Waals surface area (Å²) in [6.07, 6.45) is 12.0. The summed E-state index contributed by atoms with van der Waals surface area (Å²) in [5.41, 5.74) is 1.14. The maximum Gasteiger partial charge on any atom is 0.225 e. The lowest BCUT2D eigenvalue weighted by Gasteiger charge is -2.33. The minimum Gasteiger partial charge on any atom is -0.395 e. The second-order valence-corrected chi connectivity index (χ2v) is 11.9. The largest absolute Gasteiger partial charge is 0.395 e. The van der Waals surface area contributed by atoms with Gasteiger partial charge in [-0.2, -0.15) is 0 Å². The number of rotatable bonds is 20. The fourth-order valence-corrected chi connectivity index (χ4v) is 6.69. The van der Waals surface area contributed by atoms with Crippen molar-refractivity contribution in [3.8, 4) is 0 Å². The highest BCUT2D eigenvalue weighted by Crippen LogP contribution is 2.35. The topological polar surface area (TPSA) is 165 Å². The van der Waals surface area contributed by atoms with E-state index in [2.05, 4.69) is 11.0 Å². The highest BCUT2D eigenvalue weighted by Gasteiger charge is 2.31. The molecule has 0 aliphatic heterocycles. The maximum atomic E-state index is 12.9. The van der Waals surface area contributed by atoms with E-state index in [4.69, 9.17) is 0 Å². The Labute approximate surface area is 251 Å². The molecule has 0 aromatic rings. The number of nitrogens with zero attached hydrogens (tertiary/aromatic N) is 3. The lowest BCUT2D eigenvalue weighted by atomic mass is 9.78. The number of allylic oxidation sites excluding steroid dienone is 2. The molecule has 0 unspecified atom stereocenters. The van der Waals surface area contributed by atoms with E-state index >= 15 is 0 Å². The number of hydrogen-bond donors (Lipinski definition) is 6. The summed E-state index contributed by atoms with van der Waals surface area (Å²) in [7, 11) is 0. The van der Waals surface area contributed by atoms with Gasteiger partial charge in [0.15, 0.2) is 0 Å². The SMILES string of the molecule is O=C(C1CCC(C/C=C(/CCC2CCC(C(=O)N(CCO)CCO)CC2)N(CCO)CCO)CC1)N(CCO)CCO. The van der Waals surface area contributed by atoms with Gasteiger partial charge < -0.3 is 45.3 Å². The fourth-order valence-electron chi connectivity index (χ4n) is 6.69. The van der Waals surface area contributed by atoms with E-state index in [1.54, 1.807) is 9.80 Å². The van der Waals surface area contributed by atoms with Crippen LogP contribution in [-0.4, -0.2) is 136 Å². The van der Waals surface area contributed by atoms with Crippen LogP contribution >= 0.6 is 0 Å². The number of aliphatic hydroxyl groups excluding tert-OH is 6. The van der Waals surface area contributed by atoms with Crippen LogP contribution in [0.15, 0.2) is 11.8 Å². The number of carbonyl (C=O) groups excluding carboxylic acids is 2. The van der Waals surface area contributed by atoms with Gasteiger partial charge in [0, 0.05) is 56.8 Å². The van der Waals surface area contributed by atoms with E-state index in [0.717, 1.165) is 76.3 Å². The number of amides is 2. The van der Waals surface area contributed by atoms with E-state index in [1.165, 1.54) is 0 Å². The lowest BCUT2D eigenvalue weighted by molar-refractivity contribution is -0.138. The van der Waals surface area contributed by atoms with E-state index in [9.17, 15) is 40.2 Å². The molecule has 2 fully saturated rings. The summed E-state index contributed by atoms with van der Waals surface area (Å²) < 4.78 is 0. The van der Waals surface area contributed by atoms with Crippen molar-refractivity contribution in [3.05, 3.63) is 11.8 Å². The molecular weight excluding hydrogens is 542 g/mol. The van der Waals surface area contributed by atoms with E-state index < -0.39 is 0 Å². The van der Waals surface area contributed by atoms with Crippen LogP contribution in [0.25, 0.3) is 0 Å². The molecule has 42 heavy (non-hydrogen) atoms. The van der Waals surface area contributed by atoms with Gasteiger partial charge in [0.1, 0.15) is 0 Å². The van der Waals surface area contributed by atoms with Gasteiger partial charge in [-0.25, -0.2) is 0 Å². The van der Waals surface area contributed by atoms with Crippen LogP contribution in [0.2, 0.25) is 0 Å². The molecular formula is C31H57N3O8. The molecule has 0 atom stereocenters. The summed E-state index contributed by atoms with van der Waals surface area (Å²) in [6, 6.07) is 0. The molecule has 0 bridgehead atoms. The van der Waals surface area contributed by atoms with Crippen molar-refractivity contribution in [2.75, 3.05) is 78.9 Å². The zero-order valence-electron chi connectivity index (χ0n) is 25.5. The van der Waals surface area contributed by atoms with E-state index in [-0.39, 0.29) is 89.5 Å². The van der Waals surface area contributed by atoms with Crippen molar-refractivity contribution in [2.45, 2.75) is 70.6 Å². The Kier molecular flexibility index (Phi) is 18.2. The van der Waals surface area contributed by atoms with E-state index in [1.807, 2.05) is 0 Å². The van der Waals surface area contributed by atoms with Gasteiger partial charge in [-0.15, -0.1) is 0 Å². The van der Waals surface area contributed by atoms with Gasteiger partial charge in [0.2, 0.25) is 11.8 Å². The summed E-state index contributed by atoms with van der Waals surface area (Å²) in [5, 5.41) is 56.4. The molecule has 2 saturated carbocycles. The van der Waals surface area contributed by atoms with Crippen molar-refractivity contribution >= 4 is 11.8 Å². The Morgan fingerprint density at radius 1 is 0.524 bits per heavy atom. The van der Waals surface area contributed by atoms with Crippen molar-refractivity contribution < 1.29 is 40.2 Å². The minimum atomic E-state index is -0.111. The summed E-state index contributed by atoms with van der Waals surface area (Å²) in [4.78, 5) is 30.9. The molecule has 0 aromatic carbocycles. The number of aliphatic hydroxyl groups is 6. The highest BCUT2D eigenvalue weighted by atomic mass is 16.3. The highest BCUT2D eigenvalue weighted by molar-refractivity contribution is 5.79. The molecule has 244 valence electrons. The Morgan fingerprint density at radius 3 is 1.26 bits per heavy atom. The molecule has 11 nitrogen and oxygen atoms in total. The monoisotopic (exact) mass is 599 g/mol. The average molecular weight is 600 g/mol. The van der Waals surface area contributed by atoms with Crippen molar-refractivity contribution in [2.24, 2.45) is 23.7 Å². The predicted octanol–water partition coefficient (Wildman–Crippen LogP) is 0.566. The second-order valence-electron chi connectivity index (χ2n) is 11.9. The van der Waals surface area contributed by atoms with Crippen LogP contribution in [0.5, 0.6) is 0 Å². The third-order valence-corrected chi connectivity index (χ3v) is 9.14. The second kappa shape index (κ2) is 21.0. The van der Waals surface area contributed by atoms with Gasteiger partial charge in [-0.1, -0.05) is 6.08 Å². The van der Waals surface area contributed by atoms with Crippen LogP contribution in [0.3, 0.4) is 0 Å². The number of carbonyl (C=O) groups is 2. The van der Waals surface area contributed by atoms with Crippen LogP contribution in [-0.2, 0) is 9.59 Å². The molecule has 0 spiro atoms. The van der Waals surface area contributed by atoms with Gasteiger partial charge in [0.25, 0.3) is 0 Å². The molecule has 0 aromatic heterocycles. The molecule has 0 radical (unpaired) electrons. The molecule has 11 heteroatoms. The van der Waals surface area contributed by atoms with Gasteiger partial charge >= 0.3 is 0 Å². The third-order valence-electron chi connectivity index (χ3n) is 9.14. The molecule has 0 saturated heterocycles. The first-order chi connectivity index (χ1) is 20.4. The van der Waals surface area contributed by atoms with Crippen LogP contribution in [0.4, 0.5) is 0 Å². The zero-order valence-corrected chi connectivity index (χ0v) is 25.5. The van der Waals surface area contributed by atoms with Crippen molar-refractivity contribution in [1.29, 1.82) is 0 Å². The summed E-state index contributed by atoms with van der Waals surface area (Å²) in [5.74, 6) is 0.880. The first-order valence-corrected chi connectivity index (χ1v) is 16.1. The smallest absolute Gasteiger partial charge is 0.225 e. The van der Waals surface area contributed by atoms with Crippen molar-refractivity contribution in [3.63, 3.8) is 0 Å². The zero-order chi connectivity index (χ0) is 30.7. The maximum absolute atomic E-state index is 12.9. The number of hydrogen-bond acceptors (Lipinski definition) is 9. The summed E-state index contributed by atoms with van der Waals surface area (Å²) >= 11 is 0. The molecule has 2 rings (SSSR count). The standard InChI is InChI=1S/C31H57N3O8/c35-19-13-32(14-20-36)29(11-5-25-1-7-27(8-2-25)30(41)33(15-21-37)16-22-38)12-6-26-3-9-28(10-4-26)31(42)34(17-23-39)18-24-40/h11,25-28,35-40H,1-10,12-24H2/b29-11-. The van der Waals surface area contributed by atoms with E-state index in [0.29, 0.717) is 24.9 Å². The fraction of sp³-hybridized carbons (Fsp3) is 0.871. The van der Waals surface area contributed by atoms with Gasteiger partial charge in [0.05, 0.1) is 39.6 Å². The Balaban J connectivity index is 1.93. The minimum absolute atomic E-state index is 0.00808. The third kappa shape index (κ3) is 12.1. The molecule has 2 aliphatic rings.